The zero-order valence-electron chi connectivity index (χ0n) is 15.8. The van der Waals surface area contributed by atoms with E-state index in [-0.39, 0.29) is 17.3 Å². The average molecular weight is 375 g/mol. The van der Waals surface area contributed by atoms with Crippen LogP contribution in [0.1, 0.15) is 23.6 Å². The minimum atomic E-state index is 0.0103. The maximum absolute atomic E-state index is 9.42. The molecule has 0 radical (unpaired) electrons. The van der Waals surface area contributed by atoms with Gasteiger partial charge in [0.25, 0.3) is 0 Å². The molecule has 2 aromatic carbocycles. The number of nitriles is 1. The van der Waals surface area contributed by atoms with Gasteiger partial charge in [0.2, 0.25) is 5.95 Å². The van der Waals surface area contributed by atoms with E-state index in [2.05, 4.69) is 16.9 Å². The van der Waals surface area contributed by atoms with E-state index in [1.54, 1.807) is 19.2 Å². The van der Waals surface area contributed by atoms with Gasteiger partial charge >= 0.3 is 0 Å². The van der Waals surface area contributed by atoms with Gasteiger partial charge in [0.1, 0.15) is 35.6 Å². The second-order valence-electron chi connectivity index (χ2n) is 6.12. The number of rotatable bonds is 6. The van der Waals surface area contributed by atoms with Gasteiger partial charge in [-0.1, -0.05) is 19.1 Å². The van der Waals surface area contributed by atoms with Crippen LogP contribution in [-0.4, -0.2) is 17.1 Å². The van der Waals surface area contributed by atoms with Gasteiger partial charge in [0.05, 0.1) is 12.8 Å². The van der Waals surface area contributed by atoms with E-state index in [1.807, 2.05) is 36.4 Å². The molecule has 0 aliphatic rings. The van der Waals surface area contributed by atoms with Crippen LogP contribution in [0.5, 0.6) is 11.5 Å². The molecule has 0 fully saturated rings. The first-order chi connectivity index (χ1) is 13.5. The van der Waals surface area contributed by atoms with Crippen molar-refractivity contribution in [3.8, 4) is 28.8 Å². The van der Waals surface area contributed by atoms with E-state index in [1.165, 1.54) is 5.56 Å². The number of nitrogens with two attached hydrogens (primary N) is 2. The molecule has 0 saturated heterocycles. The van der Waals surface area contributed by atoms with Crippen molar-refractivity contribution in [2.45, 2.75) is 20.0 Å². The predicted molar refractivity (Wildman–Crippen MR) is 108 cm³/mol. The minimum Gasteiger partial charge on any atom is -0.496 e. The second kappa shape index (κ2) is 8.27. The van der Waals surface area contributed by atoms with Gasteiger partial charge in [0.15, 0.2) is 0 Å². The van der Waals surface area contributed by atoms with Crippen LogP contribution in [0.2, 0.25) is 0 Å². The average Bonchev–Trinajstić information content (AvgIpc) is 2.72. The molecule has 3 aromatic rings. The Morgan fingerprint density at radius 2 is 1.82 bits per heavy atom. The van der Waals surface area contributed by atoms with Crippen molar-refractivity contribution in [3.05, 3.63) is 59.2 Å². The number of anilines is 2. The summed E-state index contributed by atoms with van der Waals surface area (Å²) in [6.07, 6.45) is 0.975. The van der Waals surface area contributed by atoms with Crippen LogP contribution in [0, 0.1) is 11.3 Å². The molecule has 0 saturated carbocycles. The number of ether oxygens (including phenoxy) is 2. The number of aryl methyl sites for hydroxylation is 1. The van der Waals surface area contributed by atoms with E-state index in [4.69, 9.17) is 20.9 Å². The quantitative estimate of drug-likeness (QED) is 0.678. The highest BCUT2D eigenvalue weighted by Gasteiger charge is 2.15. The lowest BCUT2D eigenvalue weighted by Crippen LogP contribution is -2.05. The molecule has 4 N–H and O–H groups in total. The number of nitrogens with zero attached hydrogens (tertiary/aromatic N) is 3. The smallest absolute Gasteiger partial charge is 0.222 e. The van der Waals surface area contributed by atoms with Gasteiger partial charge in [-0.25, -0.2) is 4.98 Å². The first-order valence-corrected chi connectivity index (χ1v) is 8.77. The van der Waals surface area contributed by atoms with E-state index in [0.717, 1.165) is 17.7 Å². The lowest BCUT2D eigenvalue weighted by atomic mass is 10.0. The van der Waals surface area contributed by atoms with Crippen molar-refractivity contribution in [2.75, 3.05) is 18.6 Å². The summed E-state index contributed by atoms with van der Waals surface area (Å²) in [5, 5.41) is 9.42. The molecule has 0 amide bonds. The third kappa shape index (κ3) is 3.96. The number of methoxy groups -OCH3 is 1. The Labute approximate surface area is 163 Å². The topological polar surface area (TPSA) is 120 Å². The van der Waals surface area contributed by atoms with Crippen LogP contribution < -0.4 is 20.9 Å². The summed E-state index contributed by atoms with van der Waals surface area (Å²) in [4.78, 5) is 8.04. The fraction of sp³-hybridized carbons (Fsp3) is 0.190. The molecule has 1 aromatic heterocycles. The van der Waals surface area contributed by atoms with Crippen molar-refractivity contribution in [1.29, 1.82) is 5.26 Å². The van der Waals surface area contributed by atoms with Crippen LogP contribution in [0.3, 0.4) is 0 Å². The number of benzene rings is 2. The predicted octanol–water partition coefficient (Wildman–Crippen LogP) is 3.33. The molecule has 7 nitrogen and oxygen atoms in total. The summed E-state index contributed by atoms with van der Waals surface area (Å²) < 4.78 is 11.3. The third-order valence-corrected chi connectivity index (χ3v) is 4.35. The van der Waals surface area contributed by atoms with Crippen LogP contribution >= 0.6 is 0 Å². The van der Waals surface area contributed by atoms with E-state index < -0.39 is 0 Å². The molecular weight excluding hydrogens is 354 g/mol. The SMILES string of the molecule is CCc1ccc(OCc2cc(-c3nc(N)nc(N)c3C#N)ccc2OC)cc1. The lowest BCUT2D eigenvalue weighted by Gasteiger charge is -2.13. The molecule has 0 spiro atoms. The molecule has 0 bridgehead atoms. The molecular formula is C21H21N5O2. The molecule has 0 aliphatic carbocycles. The van der Waals surface area contributed by atoms with E-state index >= 15 is 0 Å². The van der Waals surface area contributed by atoms with Gasteiger partial charge in [-0.15, -0.1) is 0 Å². The molecule has 142 valence electrons. The summed E-state index contributed by atoms with van der Waals surface area (Å²) in [5.41, 5.74) is 14.8. The number of hydrogen-bond acceptors (Lipinski definition) is 7. The van der Waals surface area contributed by atoms with Crippen LogP contribution in [0.15, 0.2) is 42.5 Å². The summed E-state index contributed by atoms with van der Waals surface area (Å²) in [7, 11) is 1.59. The molecule has 0 unspecified atom stereocenters. The van der Waals surface area contributed by atoms with Gasteiger partial charge in [0, 0.05) is 11.1 Å². The normalized spacial score (nSPS) is 10.3. The van der Waals surface area contributed by atoms with Gasteiger partial charge in [-0.3, -0.25) is 0 Å². The number of hydrogen-bond donors (Lipinski definition) is 2. The second-order valence-corrected chi connectivity index (χ2v) is 6.12. The highest BCUT2D eigenvalue weighted by Crippen LogP contribution is 2.30. The monoisotopic (exact) mass is 375 g/mol. The maximum atomic E-state index is 9.42. The summed E-state index contributed by atoms with van der Waals surface area (Å²) in [5.74, 6) is 1.49. The lowest BCUT2D eigenvalue weighted by molar-refractivity contribution is 0.296. The van der Waals surface area contributed by atoms with Gasteiger partial charge in [-0.05, 0) is 42.3 Å². The Morgan fingerprint density at radius 1 is 1.07 bits per heavy atom. The van der Waals surface area contributed by atoms with Crippen LogP contribution in [-0.2, 0) is 13.0 Å². The zero-order valence-corrected chi connectivity index (χ0v) is 15.8. The van der Waals surface area contributed by atoms with E-state index in [9.17, 15) is 5.26 Å². The van der Waals surface area contributed by atoms with Crippen molar-refractivity contribution >= 4 is 11.8 Å². The zero-order chi connectivity index (χ0) is 20.1. The Kier molecular flexibility index (Phi) is 5.61. The summed E-state index contributed by atoms with van der Waals surface area (Å²) in [6.45, 7) is 2.40. The summed E-state index contributed by atoms with van der Waals surface area (Å²) in [6, 6.07) is 15.4. The standard InChI is InChI=1S/C21H21N5O2/c1-3-13-4-7-16(8-5-13)28-12-15-10-14(6-9-18(15)27-2)19-17(11-22)20(23)26-21(24)25-19/h4-10H,3,12H2,1-2H3,(H4,23,24,25,26). The van der Waals surface area contributed by atoms with Crippen molar-refractivity contribution in [1.82, 2.24) is 9.97 Å². The van der Waals surface area contributed by atoms with Crippen LogP contribution in [0.25, 0.3) is 11.3 Å². The molecule has 0 atom stereocenters. The first-order valence-electron chi connectivity index (χ1n) is 8.77. The highest BCUT2D eigenvalue weighted by atomic mass is 16.5. The van der Waals surface area contributed by atoms with Crippen LogP contribution in [0.4, 0.5) is 11.8 Å². The Balaban J connectivity index is 1.93. The van der Waals surface area contributed by atoms with Gasteiger partial charge < -0.3 is 20.9 Å². The third-order valence-electron chi connectivity index (χ3n) is 4.35. The molecule has 7 heteroatoms. The van der Waals surface area contributed by atoms with Crippen molar-refractivity contribution in [3.63, 3.8) is 0 Å². The fourth-order valence-corrected chi connectivity index (χ4v) is 2.84. The minimum absolute atomic E-state index is 0.0103. The van der Waals surface area contributed by atoms with E-state index in [0.29, 0.717) is 23.6 Å². The van der Waals surface area contributed by atoms with Crippen molar-refractivity contribution < 1.29 is 9.47 Å². The highest BCUT2D eigenvalue weighted by molar-refractivity contribution is 5.74. The van der Waals surface area contributed by atoms with Crippen molar-refractivity contribution in [2.24, 2.45) is 0 Å². The first kappa shape index (κ1) is 19.0. The maximum Gasteiger partial charge on any atom is 0.222 e. The Morgan fingerprint density at radius 3 is 2.46 bits per heavy atom. The number of aromatic nitrogens is 2. The summed E-state index contributed by atoms with van der Waals surface area (Å²) >= 11 is 0. The molecule has 28 heavy (non-hydrogen) atoms. The Hall–Kier alpha value is -3.79. The molecule has 0 aliphatic heterocycles. The largest absolute Gasteiger partial charge is 0.496 e. The molecule has 3 rings (SSSR count). The van der Waals surface area contributed by atoms with Gasteiger partial charge in [-0.2, -0.15) is 10.2 Å². The molecule has 1 heterocycles. The number of nitrogen functional groups attached to an aromatic ring is 2. The fourth-order valence-electron chi connectivity index (χ4n) is 2.84. The Bertz CT molecular complexity index is 1030.